The second kappa shape index (κ2) is 9.45. The van der Waals surface area contributed by atoms with E-state index in [9.17, 15) is 4.79 Å². The molecule has 156 valence electrons. The van der Waals surface area contributed by atoms with Crippen LogP contribution in [0.4, 0.5) is 17.3 Å². The number of amides is 1. The predicted molar refractivity (Wildman–Crippen MR) is 111 cm³/mol. The second-order valence-corrected chi connectivity index (χ2v) is 7.59. The molecule has 2 saturated heterocycles. The van der Waals surface area contributed by atoms with Gasteiger partial charge in [-0.05, 0) is 44.7 Å². The van der Waals surface area contributed by atoms with Crippen LogP contribution in [0.1, 0.15) is 41.9 Å². The Morgan fingerprint density at radius 2 is 1.97 bits per heavy atom. The summed E-state index contributed by atoms with van der Waals surface area (Å²) in [4.78, 5) is 22.9. The Labute approximate surface area is 175 Å². The van der Waals surface area contributed by atoms with Crippen LogP contribution in [0.2, 0.25) is 0 Å². The zero-order chi connectivity index (χ0) is 20.8. The molecule has 0 bridgehead atoms. The van der Waals surface area contributed by atoms with E-state index in [0.717, 1.165) is 58.4 Å². The average Bonchev–Trinajstić information content (AvgIpc) is 3.34. The van der Waals surface area contributed by atoms with Crippen molar-refractivity contribution in [2.45, 2.75) is 25.7 Å². The monoisotopic (exact) mass is 407 g/mol. The second-order valence-electron chi connectivity index (χ2n) is 7.59. The Balaban J connectivity index is 1.53. The summed E-state index contributed by atoms with van der Waals surface area (Å²) in [7, 11) is 0. The molecule has 30 heavy (non-hydrogen) atoms. The first-order valence-electron chi connectivity index (χ1n) is 10.3. The number of nitrogens with zero attached hydrogens (tertiary/aromatic N) is 6. The van der Waals surface area contributed by atoms with Gasteiger partial charge in [-0.3, -0.25) is 4.79 Å². The fraction of sp³-hybridized carbons (Fsp3) is 0.500. The van der Waals surface area contributed by atoms with Gasteiger partial charge in [-0.15, -0.1) is 10.2 Å². The quantitative estimate of drug-likeness (QED) is 0.652. The van der Waals surface area contributed by atoms with Gasteiger partial charge in [0.25, 0.3) is 5.91 Å². The number of likely N-dealkylation sites (tertiary alicyclic amines) is 1. The van der Waals surface area contributed by atoms with Crippen molar-refractivity contribution in [3.63, 3.8) is 0 Å². The zero-order valence-corrected chi connectivity index (χ0v) is 16.8. The number of piperidine rings is 1. The van der Waals surface area contributed by atoms with Crippen LogP contribution in [0.15, 0.2) is 18.5 Å². The molecule has 10 heteroatoms. The third-order valence-electron chi connectivity index (χ3n) is 5.45. The minimum atomic E-state index is -0.0856. The summed E-state index contributed by atoms with van der Waals surface area (Å²) in [6.07, 6.45) is 7.10. The lowest BCUT2D eigenvalue weighted by molar-refractivity contribution is 0.0787. The molecule has 0 radical (unpaired) electrons. The Hall–Kier alpha value is -3.32. The first-order chi connectivity index (χ1) is 14.7. The van der Waals surface area contributed by atoms with Crippen LogP contribution in [0, 0.1) is 17.2 Å². The number of rotatable bonds is 6. The lowest BCUT2D eigenvalue weighted by Crippen LogP contribution is -2.32. The standard InChI is InChI=1S/C20H25N9O/c21-10-15-12-25-18(13-23-15)26-17-9-16(24-11-14-3-5-22-6-4-14)19(28-27-17)20(30)29-7-1-2-8-29/h9,12-14,22H,1-8,11H2,(H2,24,25,26,27). The van der Waals surface area contributed by atoms with Gasteiger partial charge in [0.05, 0.1) is 18.1 Å². The maximum atomic E-state index is 13.0. The number of carbonyl (C=O) groups excluding carboxylic acids is 1. The first-order valence-corrected chi connectivity index (χ1v) is 10.3. The Bertz CT molecular complexity index is 913. The fourth-order valence-electron chi connectivity index (χ4n) is 3.74. The molecule has 0 unspecified atom stereocenters. The van der Waals surface area contributed by atoms with Crippen molar-refractivity contribution < 1.29 is 4.79 Å². The van der Waals surface area contributed by atoms with Crippen LogP contribution in [0.5, 0.6) is 0 Å². The summed E-state index contributed by atoms with van der Waals surface area (Å²) >= 11 is 0. The van der Waals surface area contributed by atoms with Crippen molar-refractivity contribution >= 4 is 23.2 Å². The molecule has 2 aliphatic rings. The van der Waals surface area contributed by atoms with Crippen molar-refractivity contribution in [2.75, 3.05) is 43.4 Å². The molecule has 2 fully saturated rings. The molecule has 0 spiro atoms. The van der Waals surface area contributed by atoms with Crippen LogP contribution >= 0.6 is 0 Å². The summed E-state index contributed by atoms with van der Waals surface area (Å²) in [5.74, 6) is 1.37. The molecule has 2 aromatic heterocycles. The number of hydrogen-bond acceptors (Lipinski definition) is 9. The molecule has 1 amide bonds. The van der Waals surface area contributed by atoms with Gasteiger partial charge in [0.1, 0.15) is 11.9 Å². The molecule has 3 N–H and O–H groups in total. The van der Waals surface area contributed by atoms with Gasteiger partial charge >= 0.3 is 0 Å². The number of carbonyl (C=O) groups is 1. The smallest absolute Gasteiger partial charge is 0.276 e. The van der Waals surface area contributed by atoms with E-state index in [1.807, 2.05) is 11.0 Å². The van der Waals surface area contributed by atoms with Gasteiger partial charge in [0.2, 0.25) is 0 Å². The zero-order valence-electron chi connectivity index (χ0n) is 16.8. The summed E-state index contributed by atoms with van der Waals surface area (Å²) in [6, 6.07) is 3.72. The van der Waals surface area contributed by atoms with Crippen molar-refractivity contribution in [1.82, 2.24) is 30.4 Å². The lowest BCUT2D eigenvalue weighted by atomic mass is 9.98. The van der Waals surface area contributed by atoms with Gasteiger partial charge in [-0.1, -0.05) is 0 Å². The maximum absolute atomic E-state index is 13.0. The van der Waals surface area contributed by atoms with Gasteiger partial charge in [-0.2, -0.15) is 5.26 Å². The summed E-state index contributed by atoms with van der Waals surface area (Å²) < 4.78 is 0. The summed E-state index contributed by atoms with van der Waals surface area (Å²) in [5, 5.41) is 27.1. The Morgan fingerprint density at radius 1 is 1.17 bits per heavy atom. The number of hydrogen-bond donors (Lipinski definition) is 3. The van der Waals surface area contributed by atoms with E-state index in [2.05, 4.69) is 36.1 Å². The van der Waals surface area contributed by atoms with Crippen molar-refractivity contribution in [1.29, 1.82) is 5.26 Å². The Kier molecular flexibility index (Phi) is 6.29. The van der Waals surface area contributed by atoms with E-state index in [4.69, 9.17) is 5.26 Å². The topological polar surface area (TPSA) is 132 Å². The van der Waals surface area contributed by atoms with E-state index in [1.165, 1.54) is 12.4 Å². The highest BCUT2D eigenvalue weighted by Crippen LogP contribution is 2.23. The fourth-order valence-corrected chi connectivity index (χ4v) is 3.74. The van der Waals surface area contributed by atoms with Crippen molar-refractivity contribution in [2.24, 2.45) is 5.92 Å². The summed E-state index contributed by atoms with van der Waals surface area (Å²) in [5.41, 5.74) is 1.26. The SMILES string of the molecule is N#Cc1cnc(Nc2cc(NCC3CCNCC3)c(C(=O)N3CCCC3)nn2)cn1. The van der Waals surface area contributed by atoms with Crippen LogP contribution in [-0.4, -0.2) is 63.7 Å². The van der Waals surface area contributed by atoms with Crippen LogP contribution in [-0.2, 0) is 0 Å². The molecule has 0 atom stereocenters. The van der Waals surface area contributed by atoms with Crippen LogP contribution in [0.3, 0.4) is 0 Å². The summed E-state index contributed by atoms with van der Waals surface area (Å²) in [6.45, 7) is 4.34. The molecule has 0 aliphatic carbocycles. The van der Waals surface area contributed by atoms with Gasteiger partial charge < -0.3 is 20.9 Å². The number of nitriles is 1. The van der Waals surface area contributed by atoms with E-state index in [0.29, 0.717) is 28.9 Å². The molecule has 2 aliphatic heterocycles. The third-order valence-corrected chi connectivity index (χ3v) is 5.45. The molecular formula is C20H25N9O. The third kappa shape index (κ3) is 4.80. The van der Waals surface area contributed by atoms with Crippen molar-refractivity contribution in [3.8, 4) is 6.07 Å². The van der Waals surface area contributed by atoms with E-state index in [-0.39, 0.29) is 11.6 Å². The normalized spacial score (nSPS) is 16.8. The van der Waals surface area contributed by atoms with E-state index >= 15 is 0 Å². The predicted octanol–water partition coefficient (Wildman–Crippen LogP) is 1.53. The molecule has 0 saturated carbocycles. The molecule has 10 nitrogen and oxygen atoms in total. The minimum absolute atomic E-state index is 0.0856. The molecule has 4 heterocycles. The highest BCUT2D eigenvalue weighted by molar-refractivity contribution is 5.98. The number of nitrogens with one attached hydrogen (secondary N) is 3. The van der Waals surface area contributed by atoms with Crippen LogP contribution in [0.25, 0.3) is 0 Å². The molecule has 0 aromatic carbocycles. The van der Waals surface area contributed by atoms with Gasteiger partial charge in [-0.25, -0.2) is 9.97 Å². The average molecular weight is 407 g/mol. The molecular weight excluding hydrogens is 382 g/mol. The molecule has 2 aromatic rings. The highest BCUT2D eigenvalue weighted by Gasteiger charge is 2.25. The first kappa shape index (κ1) is 20.0. The Morgan fingerprint density at radius 3 is 2.67 bits per heavy atom. The maximum Gasteiger partial charge on any atom is 0.276 e. The number of anilines is 3. The van der Waals surface area contributed by atoms with E-state index < -0.39 is 0 Å². The van der Waals surface area contributed by atoms with Crippen LogP contribution < -0.4 is 16.0 Å². The highest BCUT2D eigenvalue weighted by atomic mass is 16.2. The van der Waals surface area contributed by atoms with Gasteiger partial charge in [0, 0.05) is 25.7 Å². The number of aromatic nitrogens is 4. The minimum Gasteiger partial charge on any atom is -0.383 e. The van der Waals surface area contributed by atoms with E-state index in [1.54, 1.807) is 6.07 Å². The largest absolute Gasteiger partial charge is 0.383 e. The van der Waals surface area contributed by atoms with Crippen molar-refractivity contribution in [3.05, 3.63) is 29.8 Å². The molecule has 4 rings (SSSR count). The van der Waals surface area contributed by atoms with Gasteiger partial charge in [0.15, 0.2) is 17.2 Å². The lowest BCUT2D eigenvalue weighted by Gasteiger charge is -2.24.